The Kier molecular flexibility index (Phi) is 7.01. The lowest BCUT2D eigenvalue weighted by Crippen LogP contribution is -2.32. The van der Waals surface area contributed by atoms with Crippen molar-refractivity contribution in [3.05, 3.63) is 94.0 Å². The van der Waals surface area contributed by atoms with Gasteiger partial charge in [0.25, 0.3) is 15.9 Å². The van der Waals surface area contributed by atoms with E-state index in [0.717, 1.165) is 36.0 Å². The molecule has 1 aliphatic heterocycles. The van der Waals surface area contributed by atoms with Crippen molar-refractivity contribution < 1.29 is 17.9 Å². The maximum absolute atomic E-state index is 12.8. The zero-order chi connectivity index (χ0) is 24.3. The van der Waals surface area contributed by atoms with Gasteiger partial charge in [-0.2, -0.15) is 0 Å². The van der Waals surface area contributed by atoms with Crippen molar-refractivity contribution in [3.63, 3.8) is 0 Å². The van der Waals surface area contributed by atoms with E-state index in [1.165, 1.54) is 0 Å². The van der Waals surface area contributed by atoms with Crippen LogP contribution in [0.2, 0.25) is 5.02 Å². The Morgan fingerprint density at radius 1 is 1.03 bits per heavy atom. The molecule has 178 valence electrons. The molecular weight excluding hydrogens is 470 g/mol. The lowest BCUT2D eigenvalue weighted by molar-refractivity contribution is 0.0981. The summed E-state index contributed by atoms with van der Waals surface area (Å²) < 4.78 is 33.9. The molecule has 3 aromatic rings. The van der Waals surface area contributed by atoms with Crippen LogP contribution in [-0.4, -0.2) is 19.9 Å². The van der Waals surface area contributed by atoms with Gasteiger partial charge >= 0.3 is 0 Å². The van der Waals surface area contributed by atoms with Gasteiger partial charge in [-0.25, -0.2) is 13.1 Å². The van der Waals surface area contributed by atoms with Crippen LogP contribution in [0.25, 0.3) is 0 Å². The molecule has 1 atom stereocenters. The van der Waals surface area contributed by atoms with Crippen LogP contribution in [0.3, 0.4) is 0 Å². The number of benzene rings is 3. The summed E-state index contributed by atoms with van der Waals surface area (Å²) in [6, 6.07) is 19.3. The quantitative estimate of drug-likeness (QED) is 0.431. The minimum Gasteiger partial charge on any atom is -0.487 e. The summed E-state index contributed by atoms with van der Waals surface area (Å²) in [5, 5.41) is 0.683. The summed E-state index contributed by atoms with van der Waals surface area (Å²) >= 11 is 5.98. The van der Waals surface area contributed by atoms with E-state index >= 15 is 0 Å². The molecule has 0 bridgehead atoms. The van der Waals surface area contributed by atoms with E-state index in [1.807, 2.05) is 31.2 Å². The highest BCUT2D eigenvalue weighted by Crippen LogP contribution is 2.37. The van der Waals surface area contributed by atoms with Crippen molar-refractivity contribution in [2.75, 3.05) is 0 Å². The van der Waals surface area contributed by atoms with Crippen LogP contribution in [0.4, 0.5) is 0 Å². The average Bonchev–Trinajstić information content (AvgIpc) is 3.14. The minimum atomic E-state index is -3.97. The van der Waals surface area contributed by atoms with Crippen LogP contribution in [0, 0.1) is 0 Å². The number of aryl methyl sites for hydroxylation is 1. The average molecular weight is 498 g/mol. The molecule has 0 radical (unpaired) electrons. The number of sulfonamides is 1. The molecule has 5 nitrogen and oxygen atoms in total. The Morgan fingerprint density at radius 2 is 1.71 bits per heavy atom. The molecule has 0 aromatic heterocycles. The number of amides is 1. The van der Waals surface area contributed by atoms with Gasteiger partial charge in [0.15, 0.2) is 0 Å². The molecule has 4 rings (SSSR count). The number of hydrogen-bond acceptors (Lipinski definition) is 4. The van der Waals surface area contributed by atoms with Crippen LogP contribution >= 0.6 is 11.6 Å². The number of nitrogens with one attached hydrogen (secondary N) is 1. The minimum absolute atomic E-state index is 0.0705. The van der Waals surface area contributed by atoms with E-state index in [1.54, 1.807) is 42.5 Å². The molecule has 0 aliphatic carbocycles. The molecular formula is C27H28ClNO4S. The second-order valence-corrected chi connectivity index (χ2v) is 11.2. The first-order chi connectivity index (χ1) is 16.2. The SMILES string of the molecule is CCCCc1ccc(S(=O)(=O)NC(=O)c2ccc3c(c2)C[C@](C)(Cc2ccc(Cl)cc2)O3)cc1. The third kappa shape index (κ3) is 5.62. The van der Waals surface area contributed by atoms with Crippen molar-refractivity contribution in [1.29, 1.82) is 0 Å². The molecule has 1 amide bonds. The number of halogens is 1. The summed E-state index contributed by atoms with van der Waals surface area (Å²) in [4.78, 5) is 12.9. The molecule has 0 saturated heterocycles. The standard InChI is InChI=1S/C27H28ClNO4S/c1-3-4-5-19-8-13-24(14-9-19)34(31,32)29-26(30)21-10-15-25-22(16-21)18-27(2,33-25)17-20-6-11-23(28)12-7-20/h6-16H,3-5,17-18H2,1-2H3,(H,29,30)/t27-/m0/s1. The Hall–Kier alpha value is -2.83. The maximum atomic E-state index is 12.8. The largest absolute Gasteiger partial charge is 0.487 e. The molecule has 34 heavy (non-hydrogen) atoms. The van der Waals surface area contributed by atoms with Gasteiger partial charge < -0.3 is 4.74 Å². The van der Waals surface area contributed by atoms with Gasteiger partial charge in [-0.3, -0.25) is 4.79 Å². The Bertz CT molecular complexity index is 1290. The molecule has 0 fully saturated rings. The first kappa shape index (κ1) is 24.3. The van der Waals surface area contributed by atoms with E-state index in [-0.39, 0.29) is 10.5 Å². The zero-order valence-corrected chi connectivity index (χ0v) is 20.9. The predicted molar refractivity (Wildman–Crippen MR) is 134 cm³/mol. The number of unbranched alkanes of at least 4 members (excludes halogenated alkanes) is 1. The van der Waals surface area contributed by atoms with Crippen LogP contribution in [0.1, 0.15) is 53.7 Å². The summed E-state index contributed by atoms with van der Waals surface area (Å²) in [5.41, 5.74) is 2.87. The monoisotopic (exact) mass is 497 g/mol. The lowest BCUT2D eigenvalue weighted by atomic mass is 9.91. The zero-order valence-electron chi connectivity index (χ0n) is 19.3. The highest BCUT2D eigenvalue weighted by Gasteiger charge is 2.35. The number of ether oxygens (including phenoxy) is 1. The second kappa shape index (κ2) is 9.80. The highest BCUT2D eigenvalue weighted by molar-refractivity contribution is 7.90. The summed E-state index contributed by atoms with van der Waals surface area (Å²) in [6.45, 7) is 4.13. The van der Waals surface area contributed by atoms with Gasteiger partial charge in [-0.05, 0) is 78.9 Å². The number of rotatable bonds is 8. The van der Waals surface area contributed by atoms with Crippen LogP contribution in [0.15, 0.2) is 71.6 Å². The van der Waals surface area contributed by atoms with Crippen molar-refractivity contribution >= 4 is 27.5 Å². The van der Waals surface area contributed by atoms with Gasteiger partial charge in [0.05, 0.1) is 4.90 Å². The Balaban J connectivity index is 1.44. The molecule has 1 aliphatic rings. The number of hydrogen-bond donors (Lipinski definition) is 1. The molecule has 0 unspecified atom stereocenters. The molecule has 0 spiro atoms. The van der Waals surface area contributed by atoms with E-state index in [4.69, 9.17) is 16.3 Å². The first-order valence-electron chi connectivity index (χ1n) is 11.4. The summed E-state index contributed by atoms with van der Waals surface area (Å²) in [6.07, 6.45) is 4.31. The molecule has 1 heterocycles. The number of carbonyl (C=O) groups is 1. The van der Waals surface area contributed by atoms with E-state index in [9.17, 15) is 13.2 Å². The second-order valence-electron chi connectivity index (χ2n) is 9.04. The maximum Gasteiger partial charge on any atom is 0.265 e. The van der Waals surface area contributed by atoms with Crippen molar-refractivity contribution in [3.8, 4) is 5.75 Å². The fourth-order valence-electron chi connectivity index (χ4n) is 4.25. The van der Waals surface area contributed by atoms with E-state index in [0.29, 0.717) is 23.6 Å². The molecule has 0 saturated carbocycles. The van der Waals surface area contributed by atoms with Crippen LogP contribution in [0.5, 0.6) is 5.75 Å². The Morgan fingerprint density at radius 3 is 2.38 bits per heavy atom. The third-order valence-electron chi connectivity index (χ3n) is 6.01. The van der Waals surface area contributed by atoms with Crippen molar-refractivity contribution in [2.24, 2.45) is 0 Å². The van der Waals surface area contributed by atoms with Crippen LogP contribution < -0.4 is 9.46 Å². The van der Waals surface area contributed by atoms with Gasteiger partial charge in [0, 0.05) is 23.4 Å². The van der Waals surface area contributed by atoms with Crippen molar-refractivity contribution in [2.45, 2.75) is 56.4 Å². The summed E-state index contributed by atoms with van der Waals surface area (Å²) in [7, 11) is -3.97. The Labute approximate surface area is 206 Å². The highest BCUT2D eigenvalue weighted by atomic mass is 35.5. The molecule has 7 heteroatoms. The summed E-state index contributed by atoms with van der Waals surface area (Å²) in [5.74, 6) is 0.0442. The van der Waals surface area contributed by atoms with Gasteiger partial charge in [-0.1, -0.05) is 49.2 Å². The normalized spacial score (nSPS) is 17.1. The lowest BCUT2D eigenvalue weighted by Gasteiger charge is -2.24. The smallest absolute Gasteiger partial charge is 0.265 e. The van der Waals surface area contributed by atoms with Gasteiger partial charge in [-0.15, -0.1) is 0 Å². The number of carbonyl (C=O) groups excluding carboxylic acids is 1. The number of fused-ring (bicyclic) bond motifs is 1. The van der Waals surface area contributed by atoms with E-state index < -0.39 is 21.5 Å². The van der Waals surface area contributed by atoms with Gasteiger partial charge in [0.2, 0.25) is 0 Å². The van der Waals surface area contributed by atoms with Crippen LogP contribution in [-0.2, 0) is 29.3 Å². The molecule has 1 N–H and O–H groups in total. The van der Waals surface area contributed by atoms with E-state index in [2.05, 4.69) is 11.6 Å². The fraction of sp³-hybridized carbons (Fsp3) is 0.296. The van der Waals surface area contributed by atoms with Crippen molar-refractivity contribution in [1.82, 2.24) is 4.72 Å². The molecule has 3 aromatic carbocycles. The fourth-order valence-corrected chi connectivity index (χ4v) is 5.35. The topological polar surface area (TPSA) is 72.5 Å². The first-order valence-corrected chi connectivity index (χ1v) is 13.3. The third-order valence-corrected chi connectivity index (χ3v) is 7.61. The van der Waals surface area contributed by atoms with Gasteiger partial charge in [0.1, 0.15) is 11.4 Å². The predicted octanol–water partition coefficient (Wildman–Crippen LogP) is 5.74.